The fourth-order valence-corrected chi connectivity index (χ4v) is 3.02. The van der Waals surface area contributed by atoms with Gasteiger partial charge in [0.1, 0.15) is 29.9 Å². The van der Waals surface area contributed by atoms with Crippen LogP contribution in [0.1, 0.15) is 31.7 Å². The number of nitrogens with two attached hydrogens (primary N) is 1. The summed E-state index contributed by atoms with van der Waals surface area (Å²) in [5.41, 5.74) is 6.05. The van der Waals surface area contributed by atoms with Crippen molar-refractivity contribution in [1.82, 2.24) is 16.0 Å². The van der Waals surface area contributed by atoms with Gasteiger partial charge in [-0.05, 0) is 31.0 Å². The minimum atomic E-state index is -1.79. The van der Waals surface area contributed by atoms with Crippen molar-refractivity contribution in [2.45, 2.75) is 62.9 Å². The summed E-state index contributed by atoms with van der Waals surface area (Å²) in [5, 5.41) is 52.7. The number of phenolic OH excluding ortho intramolecular Hbond substituents is 1. The topological polar surface area (TPSA) is 266 Å². The summed E-state index contributed by atoms with van der Waals surface area (Å²) in [7, 11) is 0. The number of carboxylic acids is 3. The van der Waals surface area contributed by atoms with E-state index in [0.29, 0.717) is 5.56 Å². The van der Waals surface area contributed by atoms with Gasteiger partial charge in [0.05, 0.1) is 12.5 Å². The van der Waals surface area contributed by atoms with Crippen LogP contribution in [0.25, 0.3) is 0 Å². The number of carbonyl (C=O) groups is 6. The number of phenols is 1. The molecule has 5 unspecified atom stereocenters. The van der Waals surface area contributed by atoms with E-state index in [0.717, 1.165) is 0 Å². The molecule has 15 nitrogen and oxygen atoms in total. The summed E-state index contributed by atoms with van der Waals surface area (Å²) in [4.78, 5) is 71.5. The molecule has 37 heavy (non-hydrogen) atoms. The molecule has 0 bridgehead atoms. The molecular weight excluding hydrogens is 496 g/mol. The zero-order valence-electron chi connectivity index (χ0n) is 19.8. The molecule has 1 aromatic rings. The summed E-state index contributed by atoms with van der Waals surface area (Å²) in [6.07, 6.45) is -3.53. The summed E-state index contributed by atoms with van der Waals surface area (Å²) < 4.78 is 0. The number of aliphatic hydroxyl groups excluding tert-OH is 1. The second-order valence-electron chi connectivity index (χ2n) is 8.19. The van der Waals surface area contributed by atoms with Crippen molar-refractivity contribution in [3.63, 3.8) is 0 Å². The molecule has 15 heteroatoms. The quantitative estimate of drug-likeness (QED) is 0.115. The van der Waals surface area contributed by atoms with Gasteiger partial charge < -0.3 is 47.2 Å². The first kappa shape index (κ1) is 30.8. The van der Waals surface area contributed by atoms with Gasteiger partial charge >= 0.3 is 17.9 Å². The lowest BCUT2D eigenvalue weighted by Gasteiger charge is -2.25. The number of hydrogen-bond acceptors (Lipinski definition) is 9. The maximum Gasteiger partial charge on any atom is 0.326 e. The van der Waals surface area contributed by atoms with Gasteiger partial charge in [0, 0.05) is 12.8 Å². The van der Waals surface area contributed by atoms with Crippen molar-refractivity contribution in [3.8, 4) is 5.75 Å². The molecule has 10 N–H and O–H groups in total. The highest BCUT2D eigenvalue weighted by Gasteiger charge is 2.32. The summed E-state index contributed by atoms with van der Waals surface area (Å²) in [6, 6.07) is -0.786. The van der Waals surface area contributed by atoms with Crippen molar-refractivity contribution in [3.05, 3.63) is 29.8 Å². The first-order valence-electron chi connectivity index (χ1n) is 11.0. The summed E-state index contributed by atoms with van der Waals surface area (Å²) >= 11 is 0. The van der Waals surface area contributed by atoms with Gasteiger partial charge in [0.2, 0.25) is 17.7 Å². The number of rotatable bonds is 15. The minimum Gasteiger partial charge on any atom is -0.508 e. The van der Waals surface area contributed by atoms with Crippen LogP contribution in [0.3, 0.4) is 0 Å². The van der Waals surface area contributed by atoms with E-state index >= 15 is 0 Å². The average Bonchev–Trinajstić information content (AvgIpc) is 2.80. The third-order valence-electron chi connectivity index (χ3n) is 5.10. The second-order valence-corrected chi connectivity index (χ2v) is 8.19. The van der Waals surface area contributed by atoms with E-state index in [1.807, 2.05) is 5.32 Å². The number of amides is 3. The number of aliphatic carboxylic acids is 3. The zero-order chi connectivity index (χ0) is 28.3. The van der Waals surface area contributed by atoms with Crippen LogP contribution in [0, 0.1) is 0 Å². The van der Waals surface area contributed by atoms with Crippen LogP contribution in [0.4, 0.5) is 0 Å². The Hall–Kier alpha value is -4.24. The summed E-state index contributed by atoms with van der Waals surface area (Å²) in [5.74, 6) is -7.64. The van der Waals surface area contributed by atoms with Gasteiger partial charge in [-0.1, -0.05) is 12.1 Å². The highest BCUT2D eigenvalue weighted by atomic mass is 16.4. The van der Waals surface area contributed by atoms with Gasteiger partial charge in [-0.3, -0.25) is 24.0 Å². The highest BCUT2D eigenvalue weighted by molar-refractivity contribution is 5.95. The van der Waals surface area contributed by atoms with Crippen LogP contribution in [-0.4, -0.2) is 91.4 Å². The molecule has 0 heterocycles. The van der Waals surface area contributed by atoms with Crippen molar-refractivity contribution in [2.24, 2.45) is 5.73 Å². The first-order valence-corrected chi connectivity index (χ1v) is 11.0. The van der Waals surface area contributed by atoms with E-state index in [4.69, 9.17) is 10.8 Å². The SMILES string of the molecule is CC(O)C(N)C(=O)NC(Cc1ccc(O)cc1)C(=O)NC(CC(=O)O)C(=O)NC(CCC(=O)O)C(=O)O. The maximum atomic E-state index is 13.0. The molecule has 0 saturated heterocycles. The lowest BCUT2D eigenvalue weighted by molar-refractivity contribution is -0.144. The van der Waals surface area contributed by atoms with Gasteiger partial charge in [0.25, 0.3) is 0 Å². The maximum absolute atomic E-state index is 13.0. The summed E-state index contributed by atoms with van der Waals surface area (Å²) in [6.45, 7) is 1.25. The number of hydrogen-bond donors (Lipinski definition) is 9. The molecule has 5 atom stereocenters. The van der Waals surface area contributed by atoms with Crippen LogP contribution in [0.2, 0.25) is 0 Å². The molecule has 0 aromatic heterocycles. The van der Waals surface area contributed by atoms with Gasteiger partial charge in [-0.25, -0.2) is 4.79 Å². The fraction of sp³-hybridized carbons (Fsp3) is 0.455. The monoisotopic (exact) mass is 526 g/mol. The molecular formula is C22H30N4O11. The fourth-order valence-electron chi connectivity index (χ4n) is 3.02. The minimum absolute atomic E-state index is 0.0704. The largest absolute Gasteiger partial charge is 0.508 e. The first-order chi connectivity index (χ1) is 17.2. The highest BCUT2D eigenvalue weighted by Crippen LogP contribution is 2.12. The predicted molar refractivity (Wildman–Crippen MR) is 124 cm³/mol. The average molecular weight is 526 g/mol. The van der Waals surface area contributed by atoms with E-state index in [-0.39, 0.29) is 12.2 Å². The Morgan fingerprint density at radius 3 is 1.81 bits per heavy atom. The van der Waals surface area contributed by atoms with Crippen LogP contribution in [0.15, 0.2) is 24.3 Å². The molecule has 0 radical (unpaired) electrons. The number of nitrogens with one attached hydrogen (secondary N) is 3. The van der Waals surface area contributed by atoms with Crippen LogP contribution in [0.5, 0.6) is 5.75 Å². The Bertz CT molecular complexity index is 997. The Morgan fingerprint density at radius 1 is 0.811 bits per heavy atom. The molecule has 3 amide bonds. The number of carbonyl (C=O) groups excluding carboxylic acids is 3. The number of aromatic hydroxyl groups is 1. The Morgan fingerprint density at radius 2 is 1.32 bits per heavy atom. The lowest BCUT2D eigenvalue weighted by atomic mass is 10.0. The van der Waals surface area contributed by atoms with Crippen LogP contribution >= 0.6 is 0 Å². The molecule has 204 valence electrons. The molecule has 0 aliphatic heterocycles. The van der Waals surface area contributed by atoms with Crippen molar-refractivity contribution >= 4 is 35.6 Å². The molecule has 0 spiro atoms. The van der Waals surface area contributed by atoms with E-state index < -0.39 is 85.2 Å². The molecule has 0 aliphatic rings. The molecule has 1 rings (SSSR count). The van der Waals surface area contributed by atoms with Gasteiger partial charge in [-0.2, -0.15) is 0 Å². The van der Waals surface area contributed by atoms with Crippen molar-refractivity contribution < 1.29 is 54.3 Å². The van der Waals surface area contributed by atoms with E-state index in [9.17, 15) is 49.2 Å². The second kappa shape index (κ2) is 14.4. The zero-order valence-corrected chi connectivity index (χ0v) is 19.8. The lowest BCUT2D eigenvalue weighted by Crippen LogP contribution is -2.59. The predicted octanol–water partition coefficient (Wildman–Crippen LogP) is -2.48. The van der Waals surface area contributed by atoms with Crippen LogP contribution in [-0.2, 0) is 35.2 Å². The third-order valence-corrected chi connectivity index (χ3v) is 5.10. The van der Waals surface area contributed by atoms with E-state index in [1.165, 1.54) is 31.2 Å². The van der Waals surface area contributed by atoms with Crippen molar-refractivity contribution in [2.75, 3.05) is 0 Å². The molecule has 1 aromatic carbocycles. The van der Waals surface area contributed by atoms with Crippen LogP contribution < -0.4 is 21.7 Å². The Balaban J connectivity index is 3.14. The molecule has 0 aliphatic carbocycles. The van der Waals surface area contributed by atoms with Gasteiger partial charge in [0.15, 0.2) is 0 Å². The number of aliphatic hydroxyl groups is 1. The number of benzene rings is 1. The molecule has 0 fully saturated rings. The van der Waals surface area contributed by atoms with E-state index in [2.05, 4.69) is 10.6 Å². The Labute approximate surface area is 210 Å². The smallest absolute Gasteiger partial charge is 0.326 e. The standard InChI is InChI=1S/C22H30N4O11/c1-10(27)18(23)21(35)26-14(8-11-2-4-12(28)5-3-11)19(33)25-15(9-17(31)32)20(34)24-13(22(36)37)6-7-16(29)30/h2-5,10,13-15,18,27-28H,6-9,23H2,1H3,(H,24,34)(H,25,33)(H,26,35)(H,29,30)(H,31,32)(H,36,37). The number of carboxylic acid groups (broad SMARTS) is 3. The Kier molecular flexibility index (Phi) is 11.9. The van der Waals surface area contributed by atoms with Crippen molar-refractivity contribution in [1.29, 1.82) is 0 Å². The van der Waals surface area contributed by atoms with Gasteiger partial charge in [-0.15, -0.1) is 0 Å². The normalized spacial score (nSPS) is 14.8. The van der Waals surface area contributed by atoms with E-state index in [1.54, 1.807) is 0 Å². The third kappa shape index (κ3) is 10.9. The molecule has 0 saturated carbocycles.